The Labute approximate surface area is 122 Å². The van der Waals surface area contributed by atoms with Crippen molar-refractivity contribution in [3.8, 4) is 0 Å². The van der Waals surface area contributed by atoms with Gasteiger partial charge in [-0.1, -0.05) is 26.8 Å². The van der Waals surface area contributed by atoms with Gasteiger partial charge in [-0.15, -0.1) is 0 Å². The molecule has 0 spiro atoms. The van der Waals surface area contributed by atoms with Crippen molar-refractivity contribution in [2.75, 3.05) is 6.54 Å². The Bertz CT molecular complexity index is 482. The van der Waals surface area contributed by atoms with Gasteiger partial charge in [-0.2, -0.15) is 0 Å². The van der Waals surface area contributed by atoms with E-state index in [2.05, 4.69) is 21.9 Å². The van der Waals surface area contributed by atoms with Crippen LogP contribution in [0.15, 0.2) is 23.4 Å². The molecule has 0 radical (unpaired) electrons. The van der Waals surface area contributed by atoms with E-state index in [0.717, 1.165) is 31.4 Å². The number of pyridine rings is 1. The number of hydrogen-bond acceptors (Lipinski definition) is 4. The SMILES string of the molecule is CCCNCc1ccc(S(=O)(=O)NC(CC)CC)nc1. The molecule has 114 valence electrons. The van der Waals surface area contributed by atoms with Gasteiger partial charge < -0.3 is 5.32 Å². The van der Waals surface area contributed by atoms with Crippen LogP contribution in [-0.2, 0) is 16.6 Å². The molecule has 0 aromatic carbocycles. The summed E-state index contributed by atoms with van der Waals surface area (Å²) in [6.07, 6.45) is 4.23. The minimum Gasteiger partial charge on any atom is -0.313 e. The molecule has 2 N–H and O–H groups in total. The van der Waals surface area contributed by atoms with Crippen LogP contribution in [0.25, 0.3) is 0 Å². The lowest BCUT2D eigenvalue weighted by Gasteiger charge is -2.14. The van der Waals surface area contributed by atoms with Gasteiger partial charge in [0.1, 0.15) is 0 Å². The van der Waals surface area contributed by atoms with Crippen LogP contribution in [0.1, 0.15) is 45.6 Å². The maximum atomic E-state index is 12.1. The Hall–Kier alpha value is -0.980. The predicted octanol–water partition coefficient (Wildman–Crippen LogP) is 2.05. The van der Waals surface area contributed by atoms with Crippen LogP contribution in [0.4, 0.5) is 0 Å². The van der Waals surface area contributed by atoms with Crippen LogP contribution in [0.5, 0.6) is 0 Å². The zero-order chi connectivity index (χ0) is 15.0. The molecule has 0 aliphatic carbocycles. The number of rotatable bonds is 9. The highest BCUT2D eigenvalue weighted by molar-refractivity contribution is 7.89. The van der Waals surface area contributed by atoms with Crippen LogP contribution in [0, 0.1) is 0 Å². The summed E-state index contributed by atoms with van der Waals surface area (Å²) in [7, 11) is -3.51. The number of aromatic nitrogens is 1. The molecule has 0 saturated carbocycles. The average Bonchev–Trinajstić information content (AvgIpc) is 2.45. The van der Waals surface area contributed by atoms with Crippen molar-refractivity contribution in [3.05, 3.63) is 23.9 Å². The van der Waals surface area contributed by atoms with Crippen LogP contribution >= 0.6 is 0 Å². The highest BCUT2D eigenvalue weighted by atomic mass is 32.2. The van der Waals surface area contributed by atoms with Crippen molar-refractivity contribution in [2.45, 2.75) is 57.6 Å². The van der Waals surface area contributed by atoms with Crippen molar-refractivity contribution >= 4 is 10.0 Å². The van der Waals surface area contributed by atoms with Gasteiger partial charge in [0.2, 0.25) is 0 Å². The molecule has 0 aliphatic heterocycles. The number of sulfonamides is 1. The van der Waals surface area contributed by atoms with Gasteiger partial charge in [-0.3, -0.25) is 0 Å². The second kappa shape index (κ2) is 8.34. The maximum absolute atomic E-state index is 12.1. The second-order valence-corrected chi connectivity index (χ2v) is 6.48. The predicted molar refractivity (Wildman–Crippen MR) is 80.9 cm³/mol. The van der Waals surface area contributed by atoms with Gasteiger partial charge in [0, 0.05) is 18.8 Å². The van der Waals surface area contributed by atoms with Gasteiger partial charge in [-0.25, -0.2) is 18.1 Å². The van der Waals surface area contributed by atoms with Gasteiger partial charge in [-0.05, 0) is 37.4 Å². The molecule has 0 unspecified atom stereocenters. The van der Waals surface area contributed by atoms with Crippen LogP contribution in [0.2, 0.25) is 0 Å². The first-order valence-corrected chi connectivity index (χ1v) is 8.69. The molecule has 6 heteroatoms. The first kappa shape index (κ1) is 17.1. The average molecular weight is 299 g/mol. The van der Waals surface area contributed by atoms with Gasteiger partial charge in [0.25, 0.3) is 10.0 Å². The summed E-state index contributed by atoms with van der Waals surface area (Å²) in [4.78, 5) is 4.06. The van der Waals surface area contributed by atoms with Crippen molar-refractivity contribution in [2.24, 2.45) is 0 Å². The fourth-order valence-electron chi connectivity index (χ4n) is 1.82. The summed E-state index contributed by atoms with van der Waals surface area (Å²) in [6, 6.07) is 3.33. The lowest BCUT2D eigenvalue weighted by atomic mass is 10.2. The molecule has 0 bridgehead atoms. The molecule has 1 aromatic heterocycles. The van der Waals surface area contributed by atoms with E-state index < -0.39 is 10.0 Å². The van der Waals surface area contributed by atoms with Crippen molar-refractivity contribution < 1.29 is 8.42 Å². The fraction of sp³-hybridized carbons (Fsp3) is 0.643. The molecule has 1 heterocycles. The van der Waals surface area contributed by atoms with Crippen molar-refractivity contribution in [1.29, 1.82) is 0 Å². The lowest BCUT2D eigenvalue weighted by molar-refractivity contribution is 0.527. The molecular formula is C14H25N3O2S. The van der Waals surface area contributed by atoms with E-state index in [0.29, 0.717) is 6.54 Å². The third-order valence-corrected chi connectivity index (χ3v) is 4.57. The normalized spacial score (nSPS) is 12.0. The molecular weight excluding hydrogens is 274 g/mol. The molecule has 0 saturated heterocycles. The first-order chi connectivity index (χ1) is 9.53. The minimum atomic E-state index is -3.51. The smallest absolute Gasteiger partial charge is 0.258 e. The van der Waals surface area contributed by atoms with Crippen LogP contribution < -0.4 is 10.0 Å². The van der Waals surface area contributed by atoms with Gasteiger partial charge in [0.05, 0.1) is 0 Å². The van der Waals surface area contributed by atoms with Crippen molar-refractivity contribution in [3.63, 3.8) is 0 Å². The minimum absolute atomic E-state index is 0.0345. The Balaban J connectivity index is 2.71. The Morgan fingerprint density at radius 3 is 2.40 bits per heavy atom. The van der Waals surface area contributed by atoms with Crippen molar-refractivity contribution in [1.82, 2.24) is 15.0 Å². The van der Waals surface area contributed by atoms with E-state index in [9.17, 15) is 8.42 Å². The Morgan fingerprint density at radius 1 is 1.20 bits per heavy atom. The molecule has 0 fully saturated rings. The number of hydrogen-bond donors (Lipinski definition) is 2. The number of nitrogens with one attached hydrogen (secondary N) is 2. The highest BCUT2D eigenvalue weighted by Crippen LogP contribution is 2.09. The lowest BCUT2D eigenvalue weighted by Crippen LogP contribution is -2.34. The summed E-state index contributed by atoms with van der Waals surface area (Å²) in [5, 5.41) is 3.34. The molecule has 0 atom stereocenters. The molecule has 5 nitrogen and oxygen atoms in total. The zero-order valence-electron chi connectivity index (χ0n) is 12.5. The van der Waals surface area contributed by atoms with E-state index in [4.69, 9.17) is 0 Å². The Morgan fingerprint density at radius 2 is 1.90 bits per heavy atom. The largest absolute Gasteiger partial charge is 0.313 e. The molecule has 1 rings (SSSR count). The topological polar surface area (TPSA) is 71.1 Å². The summed E-state index contributed by atoms with van der Waals surface area (Å²) in [5.74, 6) is 0. The molecule has 0 amide bonds. The quantitative estimate of drug-likeness (QED) is 0.685. The highest BCUT2D eigenvalue weighted by Gasteiger charge is 2.19. The monoisotopic (exact) mass is 299 g/mol. The summed E-state index contributed by atoms with van der Waals surface area (Å²) < 4.78 is 27.0. The standard InChI is InChI=1S/C14H25N3O2S/c1-4-9-15-10-12-7-8-14(16-11-12)20(18,19)17-13(5-2)6-3/h7-8,11,13,15,17H,4-6,9-10H2,1-3H3. The summed E-state index contributed by atoms with van der Waals surface area (Å²) in [5.41, 5.74) is 0.986. The Kier molecular flexibility index (Phi) is 7.12. The van der Waals surface area contributed by atoms with E-state index >= 15 is 0 Å². The van der Waals surface area contributed by atoms with E-state index in [1.54, 1.807) is 18.3 Å². The molecule has 20 heavy (non-hydrogen) atoms. The summed E-state index contributed by atoms with van der Waals surface area (Å²) >= 11 is 0. The van der Waals surface area contributed by atoms with E-state index in [-0.39, 0.29) is 11.1 Å². The molecule has 1 aromatic rings. The maximum Gasteiger partial charge on any atom is 0.258 e. The van der Waals surface area contributed by atoms with Crippen LogP contribution in [0.3, 0.4) is 0 Å². The third kappa shape index (κ3) is 5.19. The first-order valence-electron chi connectivity index (χ1n) is 7.21. The van der Waals surface area contributed by atoms with Gasteiger partial charge >= 0.3 is 0 Å². The zero-order valence-corrected chi connectivity index (χ0v) is 13.3. The van der Waals surface area contributed by atoms with Gasteiger partial charge in [0.15, 0.2) is 5.03 Å². The summed E-state index contributed by atoms with van der Waals surface area (Å²) in [6.45, 7) is 7.68. The fourth-order valence-corrected chi connectivity index (χ4v) is 3.15. The van der Waals surface area contributed by atoms with E-state index in [1.807, 2.05) is 13.8 Å². The second-order valence-electron chi connectivity index (χ2n) is 4.82. The molecule has 0 aliphatic rings. The number of nitrogens with zero attached hydrogens (tertiary/aromatic N) is 1. The third-order valence-electron chi connectivity index (χ3n) is 3.14. The van der Waals surface area contributed by atoms with Crippen LogP contribution in [-0.4, -0.2) is 26.0 Å². The van der Waals surface area contributed by atoms with E-state index in [1.165, 1.54) is 0 Å².